The van der Waals surface area contributed by atoms with E-state index in [1.807, 2.05) is 0 Å². The summed E-state index contributed by atoms with van der Waals surface area (Å²) in [5.41, 5.74) is 2.61. The first-order valence-electron chi connectivity index (χ1n) is 7.47. The summed E-state index contributed by atoms with van der Waals surface area (Å²) >= 11 is 0. The summed E-state index contributed by atoms with van der Waals surface area (Å²) in [6.45, 7) is 2.13. The monoisotopic (exact) mass is 242 g/mol. The van der Waals surface area contributed by atoms with Crippen LogP contribution < -0.4 is 0 Å². The molecule has 5 unspecified atom stereocenters. The van der Waals surface area contributed by atoms with Crippen LogP contribution in [-0.2, 0) is 6.42 Å². The Labute approximate surface area is 109 Å². The minimum absolute atomic E-state index is 0.0924. The molecule has 1 heteroatoms. The number of aryl methyl sites for hydroxylation is 1. The second-order valence-corrected chi connectivity index (χ2v) is 6.83. The van der Waals surface area contributed by atoms with Crippen LogP contribution in [0, 0.1) is 36.5 Å². The van der Waals surface area contributed by atoms with E-state index in [-0.39, 0.29) is 6.10 Å². The third kappa shape index (κ3) is 1.56. The minimum atomic E-state index is -0.0924. The maximum absolute atomic E-state index is 10.5. The third-order valence-corrected chi connectivity index (χ3v) is 5.77. The number of hydrogen-bond acceptors (Lipinski definition) is 1. The fourth-order valence-corrected chi connectivity index (χ4v) is 5.12. The number of hydrogen-bond donors (Lipinski definition) is 1. The van der Waals surface area contributed by atoms with Crippen LogP contribution in [0.2, 0.25) is 0 Å². The highest BCUT2D eigenvalue weighted by Gasteiger charge is 2.66. The average Bonchev–Trinajstić information content (AvgIpc) is 2.79. The lowest BCUT2D eigenvalue weighted by Gasteiger charge is -2.15. The Morgan fingerprint density at radius 1 is 1.22 bits per heavy atom. The highest BCUT2D eigenvalue weighted by atomic mass is 16.3. The van der Waals surface area contributed by atoms with Crippen molar-refractivity contribution in [3.8, 4) is 0 Å². The van der Waals surface area contributed by atoms with Gasteiger partial charge in [-0.25, -0.2) is 0 Å². The predicted molar refractivity (Wildman–Crippen MR) is 72.2 cm³/mol. The summed E-state index contributed by atoms with van der Waals surface area (Å²) in [6.07, 6.45) is 5.13. The van der Waals surface area contributed by atoms with Crippen molar-refractivity contribution in [3.05, 3.63) is 35.4 Å². The van der Waals surface area contributed by atoms with Gasteiger partial charge in [0.2, 0.25) is 0 Å². The quantitative estimate of drug-likeness (QED) is 0.863. The number of fused-ring (bicyclic) bond motifs is 5. The molecule has 0 amide bonds. The van der Waals surface area contributed by atoms with Gasteiger partial charge in [0.1, 0.15) is 0 Å². The van der Waals surface area contributed by atoms with E-state index in [0.717, 1.165) is 30.1 Å². The van der Waals surface area contributed by atoms with Crippen molar-refractivity contribution in [3.63, 3.8) is 0 Å². The maximum atomic E-state index is 10.5. The van der Waals surface area contributed by atoms with E-state index in [2.05, 4.69) is 31.2 Å². The Morgan fingerprint density at radius 3 is 2.61 bits per heavy atom. The Bertz CT molecular complexity index is 450. The summed E-state index contributed by atoms with van der Waals surface area (Å²) in [6, 6.07) is 8.61. The normalized spacial score (nSPS) is 41.8. The Balaban J connectivity index is 1.45. The average molecular weight is 242 g/mol. The second-order valence-electron chi connectivity index (χ2n) is 6.83. The molecule has 3 aliphatic rings. The molecular weight excluding hydrogens is 220 g/mol. The summed E-state index contributed by atoms with van der Waals surface area (Å²) < 4.78 is 0. The van der Waals surface area contributed by atoms with Crippen LogP contribution >= 0.6 is 0 Å². The highest BCUT2D eigenvalue weighted by Crippen LogP contribution is 2.70. The molecule has 1 aromatic carbocycles. The van der Waals surface area contributed by atoms with Gasteiger partial charge >= 0.3 is 0 Å². The van der Waals surface area contributed by atoms with E-state index in [1.165, 1.54) is 30.4 Å². The smallest absolute Gasteiger partial charge is 0.0614 e. The molecule has 4 rings (SSSR count). The zero-order valence-electron chi connectivity index (χ0n) is 11.0. The van der Waals surface area contributed by atoms with Crippen molar-refractivity contribution < 1.29 is 5.11 Å². The van der Waals surface area contributed by atoms with E-state index in [0.29, 0.717) is 5.92 Å². The SMILES string of the molecule is Cc1cccc(CC(O)C2C3C4CCC(C4)C23)c1. The van der Waals surface area contributed by atoms with Gasteiger partial charge < -0.3 is 5.11 Å². The number of rotatable bonds is 3. The van der Waals surface area contributed by atoms with Crippen LogP contribution in [0.3, 0.4) is 0 Å². The van der Waals surface area contributed by atoms with Crippen molar-refractivity contribution in [2.45, 2.75) is 38.7 Å². The molecule has 3 fully saturated rings. The standard InChI is InChI=1S/C17H22O/c1-10-3-2-4-11(7-10)8-14(18)17-15-12-5-6-13(9-12)16(15)17/h2-4,7,12-18H,5-6,8-9H2,1H3. The van der Waals surface area contributed by atoms with Gasteiger partial charge in [0, 0.05) is 0 Å². The largest absolute Gasteiger partial charge is 0.392 e. The molecule has 3 aliphatic carbocycles. The van der Waals surface area contributed by atoms with Crippen LogP contribution in [0.4, 0.5) is 0 Å². The first-order chi connectivity index (χ1) is 8.74. The van der Waals surface area contributed by atoms with Crippen molar-refractivity contribution in [1.82, 2.24) is 0 Å². The Kier molecular flexibility index (Phi) is 2.35. The molecule has 5 atom stereocenters. The first-order valence-corrected chi connectivity index (χ1v) is 7.47. The van der Waals surface area contributed by atoms with Gasteiger partial charge in [-0.2, -0.15) is 0 Å². The molecular formula is C17H22O. The lowest BCUT2D eigenvalue weighted by molar-refractivity contribution is 0.128. The molecule has 96 valence electrons. The van der Waals surface area contributed by atoms with Gasteiger partial charge in [-0.05, 0) is 67.8 Å². The molecule has 0 radical (unpaired) electrons. The molecule has 0 spiro atoms. The number of aliphatic hydroxyl groups excluding tert-OH is 1. The molecule has 2 bridgehead atoms. The fourth-order valence-electron chi connectivity index (χ4n) is 5.12. The Hall–Kier alpha value is -0.820. The van der Waals surface area contributed by atoms with E-state index < -0.39 is 0 Å². The third-order valence-electron chi connectivity index (χ3n) is 5.77. The second kappa shape index (κ2) is 3.84. The van der Waals surface area contributed by atoms with E-state index >= 15 is 0 Å². The Morgan fingerprint density at radius 2 is 1.94 bits per heavy atom. The van der Waals surface area contributed by atoms with E-state index in [9.17, 15) is 5.11 Å². The number of benzene rings is 1. The van der Waals surface area contributed by atoms with Crippen LogP contribution in [0.5, 0.6) is 0 Å². The summed E-state index contributed by atoms with van der Waals surface area (Å²) in [7, 11) is 0. The summed E-state index contributed by atoms with van der Waals surface area (Å²) in [4.78, 5) is 0. The van der Waals surface area contributed by atoms with Gasteiger partial charge in [-0.1, -0.05) is 29.8 Å². The fraction of sp³-hybridized carbons (Fsp3) is 0.647. The van der Waals surface area contributed by atoms with Gasteiger partial charge in [-0.3, -0.25) is 0 Å². The van der Waals surface area contributed by atoms with Crippen LogP contribution in [0.25, 0.3) is 0 Å². The van der Waals surface area contributed by atoms with Gasteiger partial charge in [0.05, 0.1) is 6.10 Å². The zero-order valence-corrected chi connectivity index (χ0v) is 11.0. The van der Waals surface area contributed by atoms with Crippen molar-refractivity contribution in [2.75, 3.05) is 0 Å². The summed E-state index contributed by atoms with van der Waals surface area (Å²) in [5.74, 6) is 4.36. The molecule has 0 saturated heterocycles. The zero-order chi connectivity index (χ0) is 12.3. The lowest BCUT2D eigenvalue weighted by Crippen LogP contribution is -2.18. The van der Waals surface area contributed by atoms with Crippen molar-refractivity contribution in [2.24, 2.45) is 29.6 Å². The highest BCUT2D eigenvalue weighted by molar-refractivity contribution is 5.24. The molecule has 1 N–H and O–H groups in total. The van der Waals surface area contributed by atoms with Crippen molar-refractivity contribution >= 4 is 0 Å². The summed E-state index contributed by atoms with van der Waals surface area (Å²) in [5, 5.41) is 10.5. The van der Waals surface area contributed by atoms with Gasteiger partial charge in [-0.15, -0.1) is 0 Å². The van der Waals surface area contributed by atoms with Crippen LogP contribution in [0.15, 0.2) is 24.3 Å². The molecule has 1 aromatic rings. The topological polar surface area (TPSA) is 20.2 Å². The molecule has 0 aromatic heterocycles. The van der Waals surface area contributed by atoms with Crippen molar-refractivity contribution in [1.29, 1.82) is 0 Å². The predicted octanol–water partition coefficient (Wildman–Crippen LogP) is 3.19. The molecule has 3 saturated carbocycles. The van der Waals surface area contributed by atoms with E-state index in [1.54, 1.807) is 0 Å². The molecule has 18 heavy (non-hydrogen) atoms. The van der Waals surface area contributed by atoms with Crippen LogP contribution in [0.1, 0.15) is 30.4 Å². The number of aliphatic hydroxyl groups is 1. The van der Waals surface area contributed by atoms with Crippen LogP contribution in [-0.4, -0.2) is 11.2 Å². The lowest BCUT2D eigenvalue weighted by atomic mass is 9.95. The molecule has 0 aliphatic heterocycles. The van der Waals surface area contributed by atoms with Gasteiger partial charge in [0.15, 0.2) is 0 Å². The van der Waals surface area contributed by atoms with E-state index in [4.69, 9.17) is 0 Å². The molecule has 1 nitrogen and oxygen atoms in total. The maximum Gasteiger partial charge on any atom is 0.0614 e. The minimum Gasteiger partial charge on any atom is -0.392 e. The molecule has 0 heterocycles. The van der Waals surface area contributed by atoms with Gasteiger partial charge in [0.25, 0.3) is 0 Å². The first kappa shape index (κ1) is 11.0.